The van der Waals surface area contributed by atoms with E-state index in [1.165, 1.54) is 0 Å². The Hall–Kier alpha value is -3.16. The van der Waals surface area contributed by atoms with E-state index >= 15 is 0 Å². The summed E-state index contributed by atoms with van der Waals surface area (Å²) in [6.07, 6.45) is 0. The molecule has 0 aliphatic rings. The van der Waals surface area contributed by atoms with Crippen LogP contribution in [0.4, 0.5) is 11.6 Å². The Morgan fingerprint density at radius 2 is 1.89 bits per heavy atom. The number of phenols is 1. The van der Waals surface area contributed by atoms with Crippen LogP contribution in [0.1, 0.15) is 11.3 Å². The molecular weight excluding hydrogens is 356 g/mol. The molecule has 7 nitrogen and oxygen atoms in total. The maximum atomic E-state index is 9.78. The second kappa shape index (κ2) is 9.16. The number of nitrogens with zero attached hydrogens (tertiary/aromatic N) is 2. The molecule has 1 heterocycles. The fourth-order valence-electron chi connectivity index (χ4n) is 2.90. The highest BCUT2D eigenvalue weighted by Gasteiger charge is 2.10. The van der Waals surface area contributed by atoms with Gasteiger partial charge in [0.2, 0.25) is 11.8 Å². The lowest BCUT2D eigenvalue weighted by atomic mass is 9.99. The molecule has 0 aliphatic heterocycles. The van der Waals surface area contributed by atoms with Gasteiger partial charge in [-0.3, -0.25) is 0 Å². The fraction of sp³-hybridized carbons (Fsp3) is 0.238. The van der Waals surface area contributed by atoms with Crippen molar-refractivity contribution in [1.29, 1.82) is 0 Å². The average molecular weight is 380 g/mol. The summed E-state index contributed by atoms with van der Waals surface area (Å²) in [7, 11) is 1.56. The number of hydrogen-bond acceptors (Lipinski definition) is 7. The van der Waals surface area contributed by atoms with E-state index in [4.69, 9.17) is 9.84 Å². The molecule has 0 spiro atoms. The molecule has 0 radical (unpaired) electrons. The monoisotopic (exact) mass is 380 g/mol. The standard InChI is InChI=1S/C21H24N4O3/c1-14-18(15-5-3-6-17(27)11-15)7-4-8-19(14)24-21-23-16(13-22-9-10-26)12-20(25-21)28-2/h3-8,11-12,22,26-27H,9-10,13H2,1-2H3,(H,23,24,25). The Balaban J connectivity index is 1.89. The molecule has 3 rings (SSSR count). The van der Waals surface area contributed by atoms with Gasteiger partial charge >= 0.3 is 0 Å². The van der Waals surface area contributed by atoms with E-state index in [0.717, 1.165) is 28.1 Å². The van der Waals surface area contributed by atoms with Gasteiger partial charge in [0.05, 0.1) is 19.4 Å². The molecule has 0 fully saturated rings. The summed E-state index contributed by atoms with van der Waals surface area (Å²) in [5.74, 6) is 1.11. The lowest BCUT2D eigenvalue weighted by molar-refractivity contribution is 0.291. The van der Waals surface area contributed by atoms with Gasteiger partial charge in [-0.2, -0.15) is 4.98 Å². The van der Waals surface area contributed by atoms with Crippen molar-refractivity contribution >= 4 is 11.6 Å². The van der Waals surface area contributed by atoms with E-state index in [0.29, 0.717) is 24.9 Å². The number of ether oxygens (including phenoxy) is 1. The molecule has 4 N–H and O–H groups in total. The first-order chi connectivity index (χ1) is 13.6. The fourth-order valence-corrected chi connectivity index (χ4v) is 2.90. The van der Waals surface area contributed by atoms with Gasteiger partial charge in [0.25, 0.3) is 0 Å². The first-order valence-corrected chi connectivity index (χ1v) is 9.00. The zero-order chi connectivity index (χ0) is 19.9. The second-order valence-electron chi connectivity index (χ2n) is 6.28. The molecule has 0 aliphatic carbocycles. The molecule has 1 aromatic heterocycles. The van der Waals surface area contributed by atoms with E-state index < -0.39 is 0 Å². The zero-order valence-corrected chi connectivity index (χ0v) is 15.9. The molecule has 28 heavy (non-hydrogen) atoms. The maximum absolute atomic E-state index is 9.78. The third kappa shape index (κ3) is 4.76. The van der Waals surface area contributed by atoms with Gasteiger partial charge in [-0.25, -0.2) is 4.98 Å². The summed E-state index contributed by atoms with van der Waals surface area (Å²) in [6.45, 7) is 3.05. The predicted octanol–water partition coefficient (Wildman–Crippen LogP) is 2.99. The van der Waals surface area contributed by atoms with Crippen LogP contribution < -0.4 is 15.4 Å². The van der Waals surface area contributed by atoms with Crippen molar-refractivity contribution in [3.8, 4) is 22.8 Å². The van der Waals surface area contributed by atoms with Crippen molar-refractivity contribution in [2.24, 2.45) is 0 Å². The van der Waals surface area contributed by atoms with Crippen molar-refractivity contribution in [3.05, 3.63) is 59.8 Å². The average Bonchev–Trinajstić information content (AvgIpc) is 2.69. The largest absolute Gasteiger partial charge is 0.508 e. The number of aliphatic hydroxyl groups is 1. The van der Waals surface area contributed by atoms with Gasteiger partial charge < -0.3 is 25.6 Å². The molecule has 146 valence electrons. The molecule has 0 atom stereocenters. The predicted molar refractivity (Wildman–Crippen MR) is 109 cm³/mol. The molecule has 0 unspecified atom stereocenters. The highest BCUT2D eigenvalue weighted by atomic mass is 16.5. The number of benzene rings is 2. The van der Waals surface area contributed by atoms with E-state index in [-0.39, 0.29) is 12.4 Å². The topological polar surface area (TPSA) is 99.5 Å². The van der Waals surface area contributed by atoms with Crippen molar-refractivity contribution in [3.63, 3.8) is 0 Å². The maximum Gasteiger partial charge on any atom is 0.230 e. The Morgan fingerprint density at radius 1 is 1.07 bits per heavy atom. The summed E-state index contributed by atoms with van der Waals surface area (Å²) in [5, 5.41) is 25.0. The van der Waals surface area contributed by atoms with Crippen LogP contribution in [0.2, 0.25) is 0 Å². The Morgan fingerprint density at radius 3 is 2.64 bits per heavy atom. The Bertz CT molecular complexity index is 947. The van der Waals surface area contributed by atoms with Crippen molar-refractivity contribution in [1.82, 2.24) is 15.3 Å². The quantitative estimate of drug-likeness (QED) is 0.446. The van der Waals surface area contributed by atoms with Crippen LogP contribution in [-0.4, -0.2) is 40.4 Å². The molecule has 7 heteroatoms. The molecule has 0 saturated heterocycles. The third-order valence-electron chi connectivity index (χ3n) is 4.30. The normalized spacial score (nSPS) is 10.7. The molecule has 0 amide bonds. The Labute approximate surface area is 164 Å². The SMILES string of the molecule is COc1cc(CNCCO)nc(Nc2cccc(-c3cccc(O)c3)c2C)n1. The Kier molecular flexibility index (Phi) is 6.41. The van der Waals surface area contributed by atoms with Crippen LogP contribution >= 0.6 is 0 Å². The lowest BCUT2D eigenvalue weighted by Gasteiger charge is -2.14. The lowest BCUT2D eigenvalue weighted by Crippen LogP contribution is -2.18. The van der Waals surface area contributed by atoms with Crippen LogP contribution in [0.25, 0.3) is 11.1 Å². The van der Waals surface area contributed by atoms with Crippen molar-refractivity contribution < 1.29 is 14.9 Å². The van der Waals surface area contributed by atoms with Crippen LogP contribution in [0, 0.1) is 6.92 Å². The number of phenolic OH excluding ortho intramolecular Hbond substituents is 1. The first-order valence-electron chi connectivity index (χ1n) is 9.00. The number of hydrogen-bond donors (Lipinski definition) is 4. The molecular formula is C21H24N4O3. The van der Waals surface area contributed by atoms with E-state index in [2.05, 4.69) is 20.6 Å². The van der Waals surface area contributed by atoms with Crippen LogP contribution in [0.5, 0.6) is 11.6 Å². The summed E-state index contributed by atoms with van der Waals surface area (Å²) in [6, 6.07) is 14.8. The van der Waals surface area contributed by atoms with Crippen LogP contribution in [-0.2, 0) is 6.54 Å². The minimum absolute atomic E-state index is 0.0638. The van der Waals surface area contributed by atoms with Crippen LogP contribution in [0.3, 0.4) is 0 Å². The van der Waals surface area contributed by atoms with Crippen molar-refractivity contribution in [2.45, 2.75) is 13.5 Å². The summed E-state index contributed by atoms with van der Waals surface area (Å²) >= 11 is 0. The number of methoxy groups -OCH3 is 1. The second-order valence-corrected chi connectivity index (χ2v) is 6.28. The van der Waals surface area contributed by atoms with E-state index in [9.17, 15) is 5.11 Å². The zero-order valence-electron chi connectivity index (χ0n) is 15.9. The van der Waals surface area contributed by atoms with Crippen LogP contribution in [0.15, 0.2) is 48.5 Å². The number of nitrogens with one attached hydrogen (secondary N) is 2. The van der Waals surface area contributed by atoms with Gasteiger partial charge in [-0.1, -0.05) is 24.3 Å². The van der Waals surface area contributed by atoms with E-state index in [1.54, 1.807) is 25.3 Å². The highest BCUT2D eigenvalue weighted by Crippen LogP contribution is 2.31. The minimum atomic E-state index is 0.0638. The smallest absolute Gasteiger partial charge is 0.230 e. The summed E-state index contributed by atoms with van der Waals surface area (Å²) in [4.78, 5) is 8.89. The first kappa shape index (κ1) is 19.6. The number of aromatic nitrogens is 2. The van der Waals surface area contributed by atoms with Gasteiger partial charge in [-0.05, 0) is 41.8 Å². The number of aromatic hydroxyl groups is 1. The number of anilines is 2. The van der Waals surface area contributed by atoms with E-state index in [1.807, 2.05) is 37.3 Å². The number of aliphatic hydroxyl groups excluding tert-OH is 1. The third-order valence-corrected chi connectivity index (χ3v) is 4.30. The molecule has 0 bridgehead atoms. The number of rotatable bonds is 8. The van der Waals surface area contributed by atoms with Gasteiger partial charge in [0.15, 0.2) is 0 Å². The minimum Gasteiger partial charge on any atom is -0.508 e. The highest BCUT2D eigenvalue weighted by molar-refractivity contribution is 5.75. The molecule has 2 aromatic carbocycles. The van der Waals surface area contributed by atoms with Crippen molar-refractivity contribution in [2.75, 3.05) is 25.6 Å². The summed E-state index contributed by atoms with van der Waals surface area (Å²) < 4.78 is 5.28. The van der Waals surface area contributed by atoms with Gasteiger partial charge in [0.1, 0.15) is 5.75 Å². The molecule has 3 aromatic rings. The van der Waals surface area contributed by atoms with Gasteiger partial charge in [0, 0.05) is 24.8 Å². The summed E-state index contributed by atoms with van der Waals surface area (Å²) in [5.41, 5.74) is 4.57. The van der Waals surface area contributed by atoms with Gasteiger partial charge in [-0.15, -0.1) is 0 Å². The molecule has 0 saturated carbocycles.